The van der Waals surface area contributed by atoms with Crippen LogP contribution in [0.15, 0.2) is 6.07 Å². The van der Waals surface area contributed by atoms with Gasteiger partial charge in [0.2, 0.25) is 0 Å². The molecule has 0 unspecified atom stereocenters. The Morgan fingerprint density at radius 1 is 1.31 bits per heavy atom. The zero-order valence-corrected chi connectivity index (χ0v) is 14.8. The summed E-state index contributed by atoms with van der Waals surface area (Å²) in [5, 5.41) is 3.86. The first-order chi connectivity index (χ1) is 12.4. The van der Waals surface area contributed by atoms with Gasteiger partial charge < -0.3 is 10.2 Å². The average molecular weight is 381 g/mol. The van der Waals surface area contributed by atoms with E-state index in [0.717, 1.165) is 42.2 Å². The van der Waals surface area contributed by atoms with Crippen LogP contribution in [0.1, 0.15) is 17.7 Å². The van der Waals surface area contributed by atoms with Crippen molar-refractivity contribution in [2.75, 3.05) is 26.2 Å². The van der Waals surface area contributed by atoms with Crippen molar-refractivity contribution in [3.05, 3.63) is 20.7 Å². The van der Waals surface area contributed by atoms with Crippen molar-refractivity contribution < 1.29 is 18.0 Å². The van der Waals surface area contributed by atoms with E-state index in [1.54, 1.807) is 17.2 Å². The van der Waals surface area contributed by atoms with Crippen molar-refractivity contribution in [2.24, 2.45) is 5.92 Å². The van der Waals surface area contributed by atoms with Crippen LogP contribution in [0.3, 0.4) is 0 Å². The zero-order valence-electron chi connectivity index (χ0n) is 14.0. The van der Waals surface area contributed by atoms with Crippen LogP contribution in [0, 0.1) is 17.8 Å². The quantitative estimate of drug-likeness (QED) is 0.745. The number of alkyl halides is 3. The summed E-state index contributed by atoms with van der Waals surface area (Å²) in [5.41, 5.74) is 0. The molecule has 4 nitrogen and oxygen atoms in total. The Balaban J connectivity index is 1.47. The lowest BCUT2D eigenvalue weighted by atomic mass is 9.84. The SMILES string of the molecule is O=C(N[C@H]1CN2CCC1CC2)N1C=c2cc(C#CC(F)(F)F)sc2=CC1. The normalized spacial score (nSPS) is 26.9. The second kappa shape index (κ2) is 6.63. The molecule has 0 aliphatic carbocycles. The van der Waals surface area contributed by atoms with Crippen molar-refractivity contribution in [3.63, 3.8) is 0 Å². The fraction of sp³-hybridized carbons (Fsp3) is 0.500. The van der Waals surface area contributed by atoms with E-state index >= 15 is 0 Å². The van der Waals surface area contributed by atoms with Crippen LogP contribution in [-0.4, -0.2) is 54.2 Å². The number of rotatable bonds is 1. The monoisotopic (exact) mass is 381 g/mol. The maximum atomic E-state index is 12.6. The fourth-order valence-corrected chi connectivity index (χ4v) is 4.70. The van der Waals surface area contributed by atoms with Crippen LogP contribution in [0.4, 0.5) is 18.0 Å². The minimum absolute atomic E-state index is 0.153. The number of thiophene rings is 1. The van der Waals surface area contributed by atoms with Gasteiger partial charge in [-0.25, -0.2) is 4.79 Å². The van der Waals surface area contributed by atoms with E-state index in [9.17, 15) is 18.0 Å². The lowest BCUT2D eigenvalue weighted by Crippen LogP contribution is -2.59. The molecule has 3 saturated heterocycles. The molecule has 4 aliphatic rings. The van der Waals surface area contributed by atoms with Gasteiger partial charge in [0.05, 0.1) is 4.88 Å². The molecule has 1 N–H and O–H groups in total. The van der Waals surface area contributed by atoms with Gasteiger partial charge in [0.15, 0.2) is 0 Å². The number of carbonyl (C=O) groups is 1. The van der Waals surface area contributed by atoms with Crippen molar-refractivity contribution in [1.29, 1.82) is 0 Å². The minimum Gasteiger partial charge on any atom is -0.333 e. The summed E-state index contributed by atoms with van der Waals surface area (Å²) in [4.78, 5) is 16.9. The van der Waals surface area contributed by atoms with Crippen molar-refractivity contribution in [2.45, 2.75) is 25.1 Å². The highest BCUT2D eigenvalue weighted by atomic mass is 32.1. The first-order valence-electron chi connectivity index (χ1n) is 8.59. The number of carbonyl (C=O) groups excluding carboxylic acids is 1. The predicted molar refractivity (Wildman–Crippen MR) is 93.6 cm³/mol. The number of halogens is 3. The molecular weight excluding hydrogens is 363 g/mol. The van der Waals surface area contributed by atoms with Crippen LogP contribution in [0.5, 0.6) is 0 Å². The van der Waals surface area contributed by atoms with Crippen LogP contribution in [0.2, 0.25) is 0 Å². The number of hydrogen-bond acceptors (Lipinski definition) is 3. The third-order valence-electron chi connectivity index (χ3n) is 5.11. The van der Waals surface area contributed by atoms with Crippen molar-refractivity contribution >= 4 is 29.6 Å². The maximum absolute atomic E-state index is 12.6. The Kier molecular flexibility index (Phi) is 4.45. The van der Waals surface area contributed by atoms with Crippen LogP contribution in [-0.2, 0) is 0 Å². The van der Waals surface area contributed by atoms with Crippen LogP contribution >= 0.6 is 11.3 Å². The van der Waals surface area contributed by atoms with Gasteiger partial charge in [-0.05, 0) is 49.9 Å². The Morgan fingerprint density at radius 3 is 2.73 bits per heavy atom. The standard InChI is InChI=1S/C18H18F3N3OS/c19-18(20,21)5-1-14-9-13-10-24(8-4-16(13)26-14)17(25)22-15-11-23-6-2-12(15)3-7-23/h4,9-10,12,15H,2-3,6-8,11H2,(H,22,25)/t15-/m0/s1. The van der Waals surface area contributed by atoms with E-state index in [4.69, 9.17) is 0 Å². The van der Waals surface area contributed by atoms with Crippen molar-refractivity contribution in [3.8, 4) is 11.8 Å². The smallest absolute Gasteiger partial charge is 0.333 e. The number of nitrogens with one attached hydrogen (secondary N) is 1. The molecule has 5 rings (SSSR count). The van der Waals surface area contributed by atoms with Gasteiger partial charge in [-0.3, -0.25) is 4.90 Å². The second-order valence-electron chi connectivity index (χ2n) is 6.86. The molecule has 26 heavy (non-hydrogen) atoms. The number of fused-ring (bicyclic) bond motifs is 4. The third-order valence-corrected chi connectivity index (χ3v) is 6.17. The summed E-state index contributed by atoms with van der Waals surface area (Å²) in [6.45, 7) is 3.53. The summed E-state index contributed by atoms with van der Waals surface area (Å²) in [6.07, 6.45) is 1.29. The number of nitrogens with zero attached hydrogens (tertiary/aromatic N) is 2. The van der Waals surface area contributed by atoms with E-state index < -0.39 is 6.18 Å². The van der Waals surface area contributed by atoms with Crippen LogP contribution in [0.25, 0.3) is 12.3 Å². The molecule has 0 saturated carbocycles. The predicted octanol–water partition coefficient (Wildman–Crippen LogP) is 1.30. The highest BCUT2D eigenvalue weighted by Crippen LogP contribution is 2.27. The minimum atomic E-state index is -4.50. The van der Waals surface area contributed by atoms with Gasteiger partial charge in [0.25, 0.3) is 0 Å². The highest BCUT2D eigenvalue weighted by molar-refractivity contribution is 7.10. The third kappa shape index (κ3) is 3.74. The molecule has 8 heteroatoms. The molecule has 0 spiro atoms. The summed E-state index contributed by atoms with van der Waals surface area (Å²) in [6, 6.07) is 1.62. The summed E-state index contributed by atoms with van der Waals surface area (Å²) < 4.78 is 37.5. The Labute approximate surface area is 153 Å². The molecule has 0 aromatic carbocycles. The Morgan fingerprint density at radius 2 is 2.08 bits per heavy atom. The van der Waals surface area contributed by atoms with Crippen LogP contribution < -0.4 is 15.1 Å². The summed E-state index contributed by atoms with van der Waals surface area (Å²) in [5.74, 6) is 3.98. The molecule has 2 amide bonds. The fourth-order valence-electron chi connectivity index (χ4n) is 3.79. The molecule has 0 radical (unpaired) electrons. The van der Waals surface area contributed by atoms with Gasteiger partial charge in [-0.1, -0.05) is 0 Å². The zero-order chi connectivity index (χ0) is 18.3. The lowest BCUT2D eigenvalue weighted by Gasteiger charge is -2.45. The molecule has 2 bridgehead atoms. The van der Waals surface area contributed by atoms with Gasteiger partial charge in [0.1, 0.15) is 0 Å². The Hall–Kier alpha value is -1.98. The molecular formula is C18H18F3N3OS. The molecule has 3 fully saturated rings. The summed E-state index contributed by atoms with van der Waals surface area (Å²) >= 11 is 1.21. The molecule has 1 atom stereocenters. The number of piperidine rings is 3. The number of amides is 2. The molecule has 1 aromatic heterocycles. The second-order valence-corrected chi connectivity index (χ2v) is 7.94. The first-order valence-corrected chi connectivity index (χ1v) is 9.40. The Bertz CT molecular complexity index is 887. The van der Waals surface area contributed by atoms with Gasteiger partial charge in [0, 0.05) is 41.0 Å². The molecule has 4 aliphatic heterocycles. The van der Waals surface area contributed by atoms with Gasteiger partial charge >= 0.3 is 12.2 Å². The van der Waals surface area contributed by atoms with E-state index in [1.165, 1.54) is 17.3 Å². The van der Waals surface area contributed by atoms with E-state index in [-0.39, 0.29) is 12.1 Å². The highest BCUT2D eigenvalue weighted by Gasteiger charge is 2.35. The maximum Gasteiger partial charge on any atom is 0.458 e. The first kappa shape index (κ1) is 17.4. The number of urea groups is 1. The molecule has 1 aromatic rings. The van der Waals surface area contributed by atoms with Crippen molar-refractivity contribution in [1.82, 2.24) is 15.1 Å². The topological polar surface area (TPSA) is 35.6 Å². The lowest BCUT2D eigenvalue weighted by molar-refractivity contribution is -0.0696. The largest absolute Gasteiger partial charge is 0.458 e. The summed E-state index contributed by atoms with van der Waals surface area (Å²) in [7, 11) is 0. The average Bonchev–Trinajstić information content (AvgIpc) is 3.02. The van der Waals surface area contributed by atoms with E-state index in [2.05, 4.69) is 16.1 Å². The number of hydrogen-bond donors (Lipinski definition) is 1. The molecule has 138 valence electrons. The van der Waals surface area contributed by atoms with E-state index in [0.29, 0.717) is 17.3 Å². The van der Waals surface area contributed by atoms with Gasteiger partial charge in [-0.15, -0.1) is 11.3 Å². The van der Waals surface area contributed by atoms with E-state index in [1.807, 2.05) is 6.08 Å². The van der Waals surface area contributed by atoms with Gasteiger partial charge in [-0.2, -0.15) is 13.2 Å². The molecule has 5 heterocycles.